The maximum absolute atomic E-state index is 13.3. The monoisotopic (exact) mass is 236 g/mol. The third kappa shape index (κ3) is 3.12. The molecule has 0 unspecified atom stereocenters. The van der Waals surface area contributed by atoms with E-state index in [9.17, 15) is 14.0 Å². The van der Waals surface area contributed by atoms with Gasteiger partial charge < -0.3 is 4.74 Å². The van der Waals surface area contributed by atoms with Crippen LogP contribution < -0.4 is 0 Å². The van der Waals surface area contributed by atoms with Crippen molar-refractivity contribution < 1.29 is 18.7 Å². The highest BCUT2D eigenvalue weighted by Crippen LogP contribution is 2.18. The highest BCUT2D eigenvalue weighted by Gasteiger charge is 2.26. The van der Waals surface area contributed by atoms with Gasteiger partial charge in [-0.05, 0) is 24.5 Å². The molecule has 0 aliphatic carbocycles. The fourth-order valence-corrected chi connectivity index (χ4v) is 1.93. The quantitative estimate of drug-likeness (QED) is 0.595. The number of hydrogen-bond donors (Lipinski definition) is 0. The largest absolute Gasteiger partial charge is 0.462 e. The highest BCUT2D eigenvalue weighted by molar-refractivity contribution is 5.97. The van der Waals surface area contributed by atoms with Crippen LogP contribution in [0.5, 0.6) is 0 Å². The summed E-state index contributed by atoms with van der Waals surface area (Å²) >= 11 is 0. The maximum atomic E-state index is 13.3. The van der Waals surface area contributed by atoms with Crippen molar-refractivity contribution in [3.63, 3.8) is 0 Å². The van der Waals surface area contributed by atoms with Crippen LogP contribution in [0.2, 0.25) is 0 Å². The van der Waals surface area contributed by atoms with Gasteiger partial charge in [0.2, 0.25) is 0 Å². The average Bonchev–Trinajstić information content (AvgIpc) is 2.27. The third-order valence-corrected chi connectivity index (χ3v) is 2.79. The van der Waals surface area contributed by atoms with Crippen LogP contribution >= 0.6 is 0 Å². The molecule has 2 rings (SSSR count). The van der Waals surface area contributed by atoms with Crippen molar-refractivity contribution in [3.8, 4) is 0 Å². The van der Waals surface area contributed by atoms with Crippen LogP contribution in [0.15, 0.2) is 24.3 Å². The van der Waals surface area contributed by atoms with Crippen molar-refractivity contribution >= 4 is 11.8 Å². The summed E-state index contributed by atoms with van der Waals surface area (Å²) in [6.07, 6.45) is 0.676. The lowest BCUT2D eigenvalue weighted by Crippen LogP contribution is -2.30. The molecule has 1 aromatic carbocycles. The first-order valence-electron chi connectivity index (χ1n) is 5.60. The molecule has 3 nitrogen and oxygen atoms in total. The molecule has 0 spiro atoms. The van der Waals surface area contributed by atoms with E-state index in [1.54, 1.807) is 18.2 Å². The van der Waals surface area contributed by atoms with E-state index in [-0.39, 0.29) is 24.4 Å². The van der Waals surface area contributed by atoms with Gasteiger partial charge in [0, 0.05) is 6.42 Å². The molecule has 0 amide bonds. The Bertz CT molecular complexity index is 426. The Morgan fingerprint density at radius 2 is 2.06 bits per heavy atom. The fraction of sp³-hybridized carbons (Fsp3) is 0.385. The lowest BCUT2D eigenvalue weighted by molar-refractivity contribution is -0.157. The Labute approximate surface area is 98.6 Å². The number of halogens is 1. The number of esters is 1. The summed E-state index contributed by atoms with van der Waals surface area (Å²) in [5, 5.41) is 0. The summed E-state index contributed by atoms with van der Waals surface area (Å²) in [7, 11) is 0. The number of aryl methyl sites for hydroxylation is 1. The van der Waals surface area contributed by atoms with Gasteiger partial charge in [-0.15, -0.1) is 0 Å². The van der Waals surface area contributed by atoms with Crippen LogP contribution in [-0.4, -0.2) is 17.9 Å². The predicted octanol–water partition coefficient (Wildman–Crippen LogP) is 2.03. The van der Waals surface area contributed by atoms with Gasteiger partial charge >= 0.3 is 5.97 Å². The van der Waals surface area contributed by atoms with Gasteiger partial charge in [-0.2, -0.15) is 0 Å². The second kappa shape index (κ2) is 5.08. The Balaban J connectivity index is 1.92. The first-order chi connectivity index (χ1) is 8.15. The van der Waals surface area contributed by atoms with E-state index in [1.807, 2.05) is 0 Å². The minimum atomic E-state index is -0.472. The Kier molecular flexibility index (Phi) is 3.52. The molecule has 1 aliphatic heterocycles. The van der Waals surface area contributed by atoms with Gasteiger partial charge in [0.25, 0.3) is 0 Å². The number of Topliss-reactive ketones (excluding diaryl/α,β-unsaturated/α-hetero) is 1. The highest BCUT2D eigenvalue weighted by atomic mass is 19.1. The van der Waals surface area contributed by atoms with Gasteiger partial charge in [0.1, 0.15) is 24.1 Å². The molecule has 0 N–H and O–H groups in total. The van der Waals surface area contributed by atoms with Crippen molar-refractivity contribution in [2.75, 3.05) is 0 Å². The maximum Gasteiger partial charge on any atom is 0.313 e. The molecule has 1 saturated heterocycles. The molecule has 0 radical (unpaired) electrons. The number of hydrogen-bond acceptors (Lipinski definition) is 3. The molecule has 0 aromatic heterocycles. The average molecular weight is 236 g/mol. The van der Waals surface area contributed by atoms with Crippen LogP contribution in [0.4, 0.5) is 4.39 Å². The van der Waals surface area contributed by atoms with Gasteiger partial charge in [-0.25, -0.2) is 4.39 Å². The molecule has 1 aliphatic rings. The SMILES string of the molecule is O=C1CC(=O)O[C@@H](CCc2ccccc2F)C1. The molecular formula is C13H13FO3. The molecule has 1 atom stereocenters. The number of carbonyl (C=O) groups excluding carboxylic acids is 2. The Morgan fingerprint density at radius 1 is 1.29 bits per heavy atom. The van der Waals surface area contributed by atoms with Crippen molar-refractivity contribution in [3.05, 3.63) is 35.6 Å². The second-order valence-corrected chi connectivity index (χ2v) is 4.16. The van der Waals surface area contributed by atoms with E-state index in [4.69, 9.17) is 4.74 Å². The summed E-state index contributed by atoms with van der Waals surface area (Å²) in [5.41, 5.74) is 0.585. The van der Waals surface area contributed by atoms with E-state index >= 15 is 0 Å². The Morgan fingerprint density at radius 3 is 2.76 bits per heavy atom. The summed E-state index contributed by atoms with van der Waals surface area (Å²) < 4.78 is 18.4. The number of carbonyl (C=O) groups is 2. The zero-order chi connectivity index (χ0) is 12.3. The summed E-state index contributed by atoms with van der Waals surface area (Å²) in [6.45, 7) is 0. The van der Waals surface area contributed by atoms with Gasteiger partial charge in [0.15, 0.2) is 0 Å². The van der Waals surface area contributed by atoms with E-state index in [2.05, 4.69) is 0 Å². The molecule has 90 valence electrons. The molecule has 4 heteroatoms. The number of rotatable bonds is 3. The normalized spacial score (nSPS) is 20.2. The third-order valence-electron chi connectivity index (χ3n) is 2.79. The lowest BCUT2D eigenvalue weighted by Gasteiger charge is -2.21. The first kappa shape index (κ1) is 11.8. The van der Waals surface area contributed by atoms with Crippen LogP contribution in [0.1, 0.15) is 24.8 Å². The summed E-state index contributed by atoms with van der Waals surface area (Å²) in [6, 6.07) is 6.48. The molecule has 17 heavy (non-hydrogen) atoms. The van der Waals surface area contributed by atoms with Gasteiger partial charge in [-0.3, -0.25) is 9.59 Å². The zero-order valence-electron chi connectivity index (χ0n) is 9.32. The second-order valence-electron chi connectivity index (χ2n) is 4.16. The zero-order valence-corrected chi connectivity index (χ0v) is 9.32. The van der Waals surface area contributed by atoms with Crippen molar-refractivity contribution in [1.82, 2.24) is 0 Å². The summed E-state index contributed by atoms with van der Waals surface area (Å²) in [4.78, 5) is 22.2. The van der Waals surface area contributed by atoms with E-state index in [1.165, 1.54) is 6.07 Å². The number of ether oxygens (including phenoxy) is 1. The number of ketones is 1. The van der Waals surface area contributed by atoms with E-state index in [0.29, 0.717) is 18.4 Å². The minimum absolute atomic E-state index is 0.0974. The standard InChI is InChI=1S/C13H13FO3/c14-12-4-2-1-3-9(12)5-6-11-7-10(15)8-13(16)17-11/h1-4,11H,5-8H2/t11-/m0/s1. The molecular weight excluding hydrogens is 223 g/mol. The van der Waals surface area contributed by atoms with E-state index < -0.39 is 12.1 Å². The summed E-state index contributed by atoms with van der Waals surface area (Å²) in [5.74, 6) is -0.833. The van der Waals surface area contributed by atoms with Crippen LogP contribution in [-0.2, 0) is 20.7 Å². The molecule has 1 aromatic rings. The Hall–Kier alpha value is -1.71. The van der Waals surface area contributed by atoms with Crippen molar-refractivity contribution in [2.24, 2.45) is 0 Å². The van der Waals surface area contributed by atoms with Crippen LogP contribution in [0.3, 0.4) is 0 Å². The van der Waals surface area contributed by atoms with Gasteiger partial charge in [0.05, 0.1) is 0 Å². The lowest BCUT2D eigenvalue weighted by atomic mass is 10.00. The topological polar surface area (TPSA) is 43.4 Å². The molecule has 0 saturated carbocycles. The number of benzene rings is 1. The van der Waals surface area contributed by atoms with Crippen molar-refractivity contribution in [2.45, 2.75) is 31.8 Å². The number of cyclic esters (lactones) is 1. The molecule has 1 fully saturated rings. The van der Waals surface area contributed by atoms with Crippen LogP contribution in [0, 0.1) is 5.82 Å². The minimum Gasteiger partial charge on any atom is -0.462 e. The smallest absolute Gasteiger partial charge is 0.313 e. The van der Waals surface area contributed by atoms with Crippen LogP contribution in [0.25, 0.3) is 0 Å². The van der Waals surface area contributed by atoms with Gasteiger partial charge in [-0.1, -0.05) is 18.2 Å². The first-order valence-corrected chi connectivity index (χ1v) is 5.60. The van der Waals surface area contributed by atoms with E-state index in [0.717, 1.165) is 0 Å². The molecule has 0 bridgehead atoms. The van der Waals surface area contributed by atoms with Crippen molar-refractivity contribution in [1.29, 1.82) is 0 Å². The molecule has 1 heterocycles. The predicted molar refractivity (Wildman–Crippen MR) is 58.8 cm³/mol. The fourth-order valence-electron chi connectivity index (χ4n) is 1.93.